The molecule has 25 heavy (non-hydrogen) atoms. The second-order valence-electron chi connectivity index (χ2n) is 5.88. The highest BCUT2D eigenvalue weighted by atomic mass is 16.4. The normalized spacial score (nSPS) is 11.0. The Hall–Kier alpha value is -3.41. The van der Waals surface area contributed by atoms with Gasteiger partial charge in [0, 0.05) is 11.1 Å². The summed E-state index contributed by atoms with van der Waals surface area (Å²) in [4.78, 5) is 4.41. The zero-order valence-corrected chi connectivity index (χ0v) is 13.9. The minimum atomic E-state index is 0.148. The predicted molar refractivity (Wildman–Crippen MR) is 94.6 cm³/mol. The first kappa shape index (κ1) is 15.1. The van der Waals surface area contributed by atoms with E-state index < -0.39 is 0 Å². The van der Waals surface area contributed by atoms with Crippen molar-refractivity contribution in [3.05, 3.63) is 59.7 Å². The maximum absolute atomic E-state index is 5.95. The number of benzene rings is 2. The van der Waals surface area contributed by atoms with Gasteiger partial charge in [-0.2, -0.15) is 0 Å². The Bertz CT molecular complexity index is 1010. The van der Waals surface area contributed by atoms with E-state index >= 15 is 0 Å². The van der Waals surface area contributed by atoms with Crippen molar-refractivity contribution in [2.75, 3.05) is 5.73 Å². The Balaban J connectivity index is 1.69. The summed E-state index contributed by atoms with van der Waals surface area (Å²) in [5, 5.41) is 8.12. The lowest BCUT2D eigenvalue weighted by Gasteiger charge is -1.95. The molecule has 0 bridgehead atoms. The smallest absolute Gasteiger partial charge is 0.272 e. The van der Waals surface area contributed by atoms with Crippen LogP contribution in [0.25, 0.3) is 34.5 Å². The number of anilines is 1. The van der Waals surface area contributed by atoms with Gasteiger partial charge in [0.1, 0.15) is 0 Å². The van der Waals surface area contributed by atoms with E-state index in [1.165, 1.54) is 0 Å². The van der Waals surface area contributed by atoms with Crippen molar-refractivity contribution >= 4 is 5.88 Å². The fourth-order valence-electron chi connectivity index (χ4n) is 2.44. The molecule has 2 aromatic heterocycles. The van der Waals surface area contributed by atoms with E-state index in [9.17, 15) is 0 Å². The van der Waals surface area contributed by atoms with Gasteiger partial charge < -0.3 is 14.6 Å². The summed E-state index contributed by atoms with van der Waals surface area (Å²) in [5.41, 5.74) is 10.3. The molecule has 0 saturated carbocycles. The molecule has 0 aliphatic heterocycles. The van der Waals surface area contributed by atoms with Gasteiger partial charge in [-0.05, 0) is 38.1 Å². The Morgan fingerprint density at radius 3 is 1.80 bits per heavy atom. The molecule has 2 N–H and O–H groups in total. The van der Waals surface area contributed by atoms with Crippen LogP contribution in [-0.4, -0.2) is 15.2 Å². The molecule has 0 fully saturated rings. The second-order valence-corrected chi connectivity index (χ2v) is 5.88. The Morgan fingerprint density at radius 1 is 0.680 bits per heavy atom. The Labute approximate surface area is 144 Å². The molecular weight excluding hydrogens is 316 g/mol. The van der Waals surface area contributed by atoms with Gasteiger partial charge in [0.05, 0.1) is 0 Å². The highest BCUT2D eigenvalue weighted by Gasteiger charge is 2.20. The van der Waals surface area contributed by atoms with Crippen molar-refractivity contribution in [3.8, 4) is 34.5 Å². The number of nitrogens with zero attached hydrogens (tertiary/aromatic N) is 3. The van der Waals surface area contributed by atoms with E-state index in [1.54, 1.807) is 0 Å². The van der Waals surface area contributed by atoms with Gasteiger partial charge >= 0.3 is 0 Å². The lowest BCUT2D eigenvalue weighted by molar-refractivity contribution is 0.579. The lowest BCUT2D eigenvalue weighted by Crippen LogP contribution is -1.86. The van der Waals surface area contributed by atoms with Crippen LogP contribution in [0.2, 0.25) is 0 Å². The van der Waals surface area contributed by atoms with Crippen LogP contribution in [-0.2, 0) is 0 Å². The van der Waals surface area contributed by atoms with Crippen molar-refractivity contribution in [1.82, 2.24) is 15.2 Å². The summed E-state index contributed by atoms with van der Waals surface area (Å²) >= 11 is 0. The summed E-state index contributed by atoms with van der Waals surface area (Å²) in [6.07, 6.45) is 0. The molecular formula is C19H16N4O2. The monoisotopic (exact) mass is 332 g/mol. The highest BCUT2D eigenvalue weighted by Crippen LogP contribution is 2.31. The molecule has 0 aliphatic rings. The summed E-state index contributed by atoms with van der Waals surface area (Å²) in [5.74, 6) is 1.21. The summed E-state index contributed by atoms with van der Waals surface area (Å²) < 4.78 is 11.3. The van der Waals surface area contributed by atoms with E-state index in [1.807, 2.05) is 62.4 Å². The van der Waals surface area contributed by atoms with E-state index in [-0.39, 0.29) is 11.8 Å². The third kappa shape index (κ3) is 2.89. The molecule has 0 aliphatic carbocycles. The molecule has 0 unspecified atom stereocenters. The molecule has 6 heteroatoms. The molecule has 124 valence electrons. The lowest BCUT2D eigenvalue weighted by atomic mass is 10.1. The summed E-state index contributed by atoms with van der Waals surface area (Å²) in [7, 11) is 0. The average molecular weight is 332 g/mol. The molecule has 0 amide bonds. The van der Waals surface area contributed by atoms with Crippen LogP contribution in [0.3, 0.4) is 0 Å². The van der Waals surface area contributed by atoms with Crippen LogP contribution < -0.4 is 5.73 Å². The molecule has 0 atom stereocenters. The number of aromatic nitrogens is 3. The topological polar surface area (TPSA) is 91.0 Å². The maximum atomic E-state index is 5.95. The van der Waals surface area contributed by atoms with Crippen molar-refractivity contribution in [1.29, 1.82) is 0 Å². The average Bonchev–Trinajstić information content (AvgIpc) is 3.23. The van der Waals surface area contributed by atoms with Gasteiger partial charge in [-0.25, -0.2) is 4.98 Å². The van der Waals surface area contributed by atoms with Gasteiger partial charge in [-0.15, -0.1) is 10.2 Å². The van der Waals surface area contributed by atoms with Crippen molar-refractivity contribution in [3.63, 3.8) is 0 Å². The van der Waals surface area contributed by atoms with Crippen molar-refractivity contribution < 1.29 is 8.83 Å². The van der Waals surface area contributed by atoms with Crippen molar-refractivity contribution in [2.45, 2.75) is 13.8 Å². The number of hydrogen-bond donors (Lipinski definition) is 1. The van der Waals surface area contributed by atoms with Gasteiger partial charge in [-0.1, -0.05) is 35.4 Å². The minimum Gasteiger partial charge on any atom is -0.420 e. The fourth-order valence-corrected chi connectivity index (χ4v) is 2.44. The second kappa shape index (κ2) is 5.90. The standard InChI is InChI=1S/C19H16N4O2/c1-11-3-7-13(8-4-11)17-21-15(16(20)24-17)19-23-22-18(25-19)14-9-5-12(2)6-10-14/h3-10H,20H2,1-2H3. The van der Waals surface area contributed by atoms with E-state index in [4.69, 9.17) is 14.6 Å². The fraction of sp³-hybridized carbons (Fsp3) is 0.105. The van der Waals surface area contributed by atoms with E-state index in [2.05, 4.69) is 15.2 Å². The number of nitrogens with two attached hydrogens (primary N) is 1. The number of nitrogen functional groups attached to an aromatic ring is 1. The first-order valence-corrected chi connectivity index (χ1v) is 7.84. The molecule has 0 spiro atoms. The first-order chi connectivity index (χ1) is 12.1. The number of oxazole rings is 1. The molecule has 0 saturated heterocycles. The summed E-state index contributed by atoms with van der Waals surface area (Å²) in [6, 6.07) is 15.6. The van der Waals surface area contributed by atoms with E-state index in [0.717, 1.165) is 22.3 Å². The Kier molecular flexibility index (Phi) is 3.57. The molecule has 2 heterocycles. The minimum absolute atomic E-state index is 0.148. The maximum Gasteiger partial charge on any atom is 0.272 e. The van der Waals surface area contributed by atoms with Crippen molar-refractivity contribution in [2.24, 2.45) is 0 Å². The first-order valence-electron chi connectivity index (χ1n) is 7.84. The van der Waals surface area contributed by atoms with Gasteiger partial charge in [0.25, 0.3) is 5.89 Å². The molecule has 2 aromatic carbocycles. The zero-order chi connectivity index (χ0) is 17.4. The van der Waals surface area contributed by atoms with Crippen LogP contribution >= 0.6 is 0 Å². The zero-order valence-electron chi connectivity index (χ0n) is 13.9. The summed E-state index contributed by atoms with van der Waals surface area (Å²) in [6.45, 7) is 4.04. The Morgan fingerprint density at radius 2 is 1.20 bits per heavy atom. The number of rotatable bonds is 3. The molecule has 0 radical (unpaired) electrons. The number of aryl methyl sites for hydroxylation is 2. The van der Waals surface area contributed by atoms with Crippen LogP contribution in [0.15, 0.2) is 57.4 Å². The van der Waals surface area contributed by atoms with Crippen LogP contribution in [0.4, 0.5) is 5.88 Å². The molecule has 4 aromatic rings. The largest absolute Gasteiger partial charge is 0.420 e. The van der Waals surface area contributed by atoms with Gasteiger partial charge in [0.2, 0.25) is 17.7 Å². The molecule has 6 nitrogen and oxygen atoms in total. The van der Waals surface area contributed by atoms with Gasteiger partial charge in [-0.3, -0.25) is 0 Å². The van der Waals surface area contributed by atoms with Crippen LogP contribution in [0.5, 0.6) is 0 Å². The van der Waals surface area contributed by atoms with E-state index in [0.29, 0.717) is 17.5 Å². The van der Waals surface area contributed by atoms with Crippen LogP contribution in [0, 0.1) is 13.8 Å². The third-order valence-electron chi connectivity index (χ3n) is 3.88. The highest BCUT2D eigenvalue weighted by molar-refractivity contribution is 5.67. The van der Waals surface area contributed by atoms with Crippen LogP contribution in [0.1, 0.15) is 11.1 Å². The quantitative estimate of drug-likeness (QED) is 0.603. The predicted octanol–water partition coefficient (Wildman–Crippen LogP) is 4.26. The number of hydrogen-bond acceptors (Lipinski definition) is 6. The third-order valence-corrected chi connectivity index (χ3v) is 3.88. The van der Waals surface area contributed by atoms with Gasteiger partial charge in [0.15, 0.2) is 5.69 Å². The SMILES string of the molecule is Cc1ccc(-c2nnc(-c3nc(-c4ccc(C)cc4)oc3N)o2)cc1. The molecule has 4 rings (SSSR count).